The number of carbonyl (C=O) groups is 1. The first-order valence-corrected chi connectivity index (χ1v) is 7.14. The van der Waals surface area contributed by atoms with E-state index in [1.54, 1.807) is 12.1 Å². The zero-order valence-corrected chi connectivity index (χ0v) is 11.5. The zero-order valence-electron chi connectivity index (χ0n) is 9.91. The van der Waals surface area contributed by atoms with Crippen LogP contribution in [0.4, 0.5) is 0 Å². The van der Waals surface area contributed by atoms with E-state index in [-0.39, 0.29) is 5.91 Å². The number of hydrogen-bond donors (Lipinski definition) is 1. The Kier molecular flexibility index (Phi) is 4.42. The molecule has 1 aromatic rings. The summed E-state index contributed by atoms with van der Waals surface area (Å²) in [5, 5.41) is 2.96. The molecule has 2 rings (SSSR count). The normalized spacial score (nSPS) is 18.2. The zero-order chi connectivity index (χ0) is 12.3. The number of nitrogens with zero attached hydrogens (tertiary/aromatic N) is 1. The van der Waals surface area contributed by atoms with Gasteiger partial charge in [-0.2, -0.15) is 0 Å². The van der Waals surface area contributed by atoms with Gasteiger partial charge in [0.15, 0.2) is 0 Å². The molecule has 3 nitrogen and oxygen atoms in total. The SMILES string of the molecule is CC(CNC(=O)c1ccc(Cl)s1)N1CCCC1. The minimum absolute atomic E-state index is 0.0204. The van der Waals surface area contributed by atoms with Crippen molar-refractivity contribution in [3.8, 4) is 0 Å². The van der Waals surface area contributed by atoms with Crippen molar-refractivity contribution in [1.82, 2.24) is 10.2 Å². The van der Waals surface area contributed by atoms with Crippen LogP contribution in [0.3, 0.4) is 0 Å². The molecular weight excluding hydrogens is 256 g/mol. The minimum atomic E-state index is -0.0204. The molecule has 0 radical (unpaired) electrons. The van der Waals surface area contributed by atoms with Crippen LogP contribution in [-0.2, 0) is 0 Å². The molecule has 1 saturated heterocycles. The molecule has 94 valence electrons. The summed E-state index contributed by atoms with van der Waals surface area (Å²) >= 11 is 7.12. The van der Waals surface area contributed by atoms with Crippen molar-refractivity contribution in [3.63, 3.8) is 0 Å². The molecule has 1 fully saturated rings. The van der Waals surface area contributed by atoms with Crippen molar-refractivity contribution in [1.29, 1.82) is 0 Å². The first kappa shape index (κ1) is 12.9. The largest absolute Gasteiger partial charge is 0.350 e. The molecule has 0 aromatic carbocycles. The van der Waals surface area contributed by atoms with Crippen LogP contribution < -0.4 is 5.32 Å². The van der Waals surface area contributed by atoms with Crippen LogP contribution >= 0.6 is 22.9 Å². The number of amides is 1. The Labute approximate surface area is 111 Å². The van der Waals surface area contributed by atoms with Gasteiger partial charge in [-0.3, -0.25) is 9.69 Å². The third kappa shape index (κ3) is 3.44. The number of carbonyl (C=O) groups excluding carboxylic acids is 1. The lowest BCUT2D eigenvalue weighted by molar-refractivity contribution is 0.0944. The summed E-state index contributed by atoms with van der Waals surface area (Å²) in [7, 11) is 0. The van der Waals surface area contributed by atoms with Gasteiger partial charge in [0.1, 0.15) is 0 Å². The molecule has 0 saturated carbocycles. The summed E-state index contributed by atoms with van der Waals surface area (Å²) in [5.41, 5.74) is 0. The van der Waals surface area contributed by atoms with Crippen LogP contribution in [0.1, 0.15) is 29.4 Å². The molecule has 1 atom stereocenters. The molecule has 5 heteroatoms. The number of hydrogen-bond acceptors (Lipinski definition) is 3. The Morgan fingerprint density at radius 1 is 1.53 bits per heavy atom. The highest BCUT2D eigenvalue weighted by Crippen LogP contribution is 2.21. The molecule has 1 aliphatic heterocycles. The third-order valence-corrected chi connectivity index (χ3v) is 4.35. The Morgan fingerprint density at radius 2 is 2.24 bits per heavy atom. The molecule has 2 heterocycles. The van der Waals surface area contributed by atoms with Gasteiger partial charge in [-0.05, 0) is 45.0 Å². The fraction of sp³-hybridized carbons (Fsp3) is 0.583. The van der Waals surface area contributed by atoms with E-state index in [4.69, 9.17) is 11.6 Å². The summed E-state index contributed by atoms with van der Waals surface area (Å²) in [5.74, 6) is -0.0204. The van der Waals surface area contributed by atoms with Crippen LogP contribution in [0.5, 0.6) is 0 Å². The summed E-state index contributed by atoms with van der Waals surface area (Å²) in [6.45, 7) is 5.17. The predicted octanol–water partition coefficient (Wildman–Crippen LogP) is 2.62. The first-order chi connectivity index (χ1) is 8.16. The molecule has 0 aliphatic carbocycles. The molecule has 1 unspecified atom stereocenters. The van der Waals surface area contributed by atoms with Crippen LogP contribution in [0, 0.1) is 0 Å². The summed E-state index contributed by atoms with van der Waals surface area (Å²) in [6.07, 6.45) is 2.55. The van der Waals surface area contributed by atoms with E-state index in [1.807, 2.05) is 0 Å². The van der Waals surface area contributed by atoms with Crippen molar-refractivity contribution in [2.45, 2.75) is 25.8 Å². The molecule has 1 N–H and O–H groups in total. The van der Waals surface area contributed by atoms with Crippen molar-refractivity contribution >= 4 is 28.8 Å². The number of nitrogens with one attached hydrogen (secondary N) is 1. The van der Waals surface area contributed by atoms with Crippen LogP contribution in [-0.4, -0.2) is 36.5 Å². The number of halogens is 1. The lowest BCUT2D eigenvalue weighted by atomic mass is 10.3. The number of thiophene rings is 1. The second-order valence-corrected chi connectivity index (χ2v) is 6.12. The monoisotopic (exact) mass is 272 g/mol. The summed E-state index contributed by atoms with van der Waals surface area (Å²) in [6, 6.07) is 3.94. The topological polar surface area (TPSA) is 32.3 Å². The van der Waals surface area contributed by atoms with Gasteiger partial charge in [0.05, 0.1) is 9.21 Å². The Hall–Kier alpha value is -0.580. The smallest absolute Gasteiger partial charge is 0.261 e. The van der Waals surface area contributed by atoms with Crippen molar-refractivity contribution in [2.24, 2.45) is 0 Å². The third-order valence-electron chi connectivity index (χ3n) is 3.12. The highest BCUT2D eigenvalue weighted by atomic mass is 35.5. The maximum Gasteiger partial charge on any atom is 0.261 e. The van der Waals surface area contributed by atoms with E-state index in [0.29, 0.717) is 21.8 Å². The molecule has 1 aliphatic rings. The quantitative estimate of drug-likeness (QED) is 0.914. The lowest BCUT2D eigenvalue weighted by Gasteiger charge is -2.23. The Morgan fingerprint density at radius 3 is 2.82 bits per heavy atom. The van der Waals surface area contributed by atoms with Gasteiger partial charge in [-0.15, -0.1) is 11.3 Å². The van der Waals surface area contributed by atoms with E-state index in [2.05, 4.69) is 17.1 Å². The van der Waals surface area contributed by atoms with Gasteiger partial charge in [-0.25, -0.2) is 0 Å². The lowest BCUT2D eigenvalue weighted by Crippen LogP contribution is -2.40. The maximum absolute atomic E-state index is 11.8. The van der Waals surface area contributed by atoms with Gasteiger partial charge in [0, 0.05) is 12.6 Å². The van der Waals surface area contributed by atoms with Gasteiger partial charge < -0.3 is 5.32 Å². The fourth-order valence-electron chi connectivity index (χ4n) is 2.08. The Bertz CT molecular complexity index is 388. The first-order valence-electron chi connectivity index (χ1n) is 5.94. The van der Waals surface area contributed by atoms with Crippen molar-refractivity contribution < 1.29 is 4.79 Å². The number of likely N-dealkylation sites (tertiary alicyclic amines) is 1. The van der Waals surface area contributed by atoms with E-state index >= 15 is 0 Å². The second-order valence-electron chi connectivity index (χ2n) is 4.41. The summed E-state index contributed by atoms with van der Waals surface area (Å²) < 4.78 is 0.655. The molecule has 1 amide bonds. The van der Waals surface area contributed by atoms with Gasteiger partial charge in [0.2, 0.25) is 0 Å². The Balaban J connectivity index is 1.79. The standard InChI is InChI=1S/C12H17ClN2OS/c1-9(15-6-2-3-7-15)8-14-12(16)10-4-5-11(13)17-10/h4-5,9H,2-3,6-8H2,1H3,(H,14,16). The average Bonchev–Trinajstić information content (AvgIpc) is 2.95. The molecule has 17 heavy (non-hydrogen) atoms. The number of rotatable bonds is 4. The van der Waals surface area contributed by atoms with Gasteiger partial charge >= 0.3 is 0 Å². The highest BCUT2D eigenvalue weighted by molar-refractivity contribution is 7.17. The van der Waals surface area contributed by atoms with E-state index < -0.39 is 0 Å². The minimum Gasteiger partial charge on any atom is -0.350 e. The maximum atomic E-state index is 11.8. The molecule has 0 spiro atoms. The summed E-state index contributed by atoms with van der Waals surface area (Å²) in [4.78, 5) is 14.9. The molecular formula is C12H17ClN2OS. The molecule has 1 aromatic heterocycles. The van der Waals surface area contributed by atoms with Crippen molar-refractivity contribution in [3.05, 3.63) is 21.3 Å². The second kappa shape index (κ2) is 5.85. The van der Waals surface area contributed by atoms with E-state index in [1.165, 1.54) is 24.2 Å². The predicted molar refractivity (Wildman–Crippen MR) is 71.9 cm³/mol. The van der Waals surface area contributed by atoms with E-state index in [0.717, 1.165) is 13.1 Å². The van der Waals surface area contributed by atoms with Crippen molar-refractivity contribution in [2.75, 3.05) is 19.6 Å². The van der Waals surface area contributed by atoms with Gasteiger partial charge in [0.25, 0.3) is 5.91 Å². The fourth-order valence-corrected chi connectivity index (χ4v) is 3.03. The highest BCUT2D eigenvalue weighted by Gasteiger charge is 2.18. The van der Waals surface area contributed by atoms with Crippen LogP contribution in [0.2, 0.25) is 4.34 Å². The average molecular weight is 273 g/mol. The van der Waals surface area contributed by atoms with E-state index in [9.17, 15) is 4.79 Å². The molecule has 0 bridgehead atoms. The van der Waals surface area contributed by atoms with Gasteiger partial charge in [-0.1, -0.05) is 11.6 Å². The van der Waals surface area contributed by atoms with Crippen LogP contribution in [0.25, 0.3) is 0 Å². The van der Waals surface area contributed by atoms with Crippen LogP contribution in [0.15, 0.2) is 12.1 Å².